The average molecular weight is 229 g/mol. The Labute approximate surface area is 102 Å². The van der Waals surface area contributed by atoms with E-state index in [1.165, 1.54) is 30.3 Å². The Kier molecular flexibility index (Phi) is 2.35. The molecule has 90 valence electrons. The first-order valence-electron chi connectivity index (χ1n) is 6.40. The van der Waals surface area contributed by atoms with Crippen LogP contribution in [0.15, 0.2) is 18.2 Å². The van der Waals surface area contributed by atoms with Gasteiger partial charge in [-0.3, -0.25) is 0 Å². The summed E-state index contributed by atoms with van der Waals surface area (Å²) < 4.78 is 2.21. The van der Waals surface area contributed by atoms with E-state index >= 15 is 0 Å². The van der Waals surface area contributed by atoms with E-state index in [2.05, 4.69) is 29.5 Å². The first-order valence-corrected chi connectivity index (χ1v) is 6.40. The first-order chi connectivity index (χ1) is 8.16. The zero-order valence-electron chi connectivity index (χ0n) is 10.5. The second kappa shape index (κ2) is 3.76. The summed E-state index contributed by atoms with van der Waals surface area (Å²) in [6, 6.07) is 6.66. The molecule has 2 N–H and O–H groups in total. The van der Waals surface area contributed by atoms with Crippen LogP contribution in [-0.4, -0.2) is 9.55 Å². The van der Waals surface area contributed by atoms with Gasteiger partial charge in [0.15, 0.2) is 0 Å². The Morgan fingerprint density at radius 3 is 2.94 bits per heavy atom. The lowest BCUT2D eigenvalue weighted by molar-refractivity contribution is 0.492. The van der Waals surface area contributed by atoms with Crippen molar-refractivity contribution in [3.63, 3.8) is 0 Å². The van der Waals surface area contributed by atoms with Gasteiger partial charge in [-0.25, -0.2) is 4.98 Å². The van der Waals surface area contributed by atoms with Crippen LogP contribution in [0.25, 0.3) is 11.0 Å². The third kappa shape index (κ3) is 1.79. The number of anilines is 1. The summed E-state index contributed by atoms with van der Waals surface area (Å²) in [7, 11) is 0. The van der Waals surface area contributed by atoms with E-state index in [9.17, 15) is 0 Å². The van der Waals surface area contributed by atoms with Crippen LogP contribution < -0.4 is 5.73 Å². The number of aryl methyl sites for hydroxylation is 1. The predicted molar refractivity (Wildman–Crippen MR) is 70.9 cm³/mol. The second-order valence-electron chi connectivity index (χ2n) is 5.31. The number of hydrogen-bond acceptors (Lipinski definition) is 2. The van der Waals surface area contributed by atoms with Crippen molar-refractivity contribution >= 4 is 17.0 Å². The minimum absolute atomic E-state index is 0.452. The van der Waals surface area contributed by atoms with Crippen LogP contribution in [0.2, 0.25) is 0 Å². The van der Waals surface area contributed by atoms with Crippen LogP contribution in [0.1, 0.15) is 37.8 Å². The number of hydrogen-bond donors (Lipinski definition) is 1. The highest BCUT2D eigenvalue weighted by Gasteiger charge is 2.26. The highest BCUT2D eigenvalue weighted by atomic mass is 15.2. The molecule has 1 heterocycles. The quantitative estimate of drug-likeness (QED) is 0.877. The Bertz CT molecular complexity index is 552. The molecule has 1 aliphatic rings. The van der Waals surface area contributed by atoms with Gasteiger partial charge in [0.2, 0.25) is 5.95 Å². The van der Waals surface area contributed by atoms with E-state index in [0.717, 1.165) is 11.4 Å². The summed E-state index contributed by atoms with van der Waals surface area (Å²) in [5.41, 5.74) is 9.56. The van der Waals surface area contributed by atoms with Gasteiger partial charge in [-0.1, -0.05) is 25.0 Å². The molecule has 1 atom stereocenters. The number of aromatic nitrogens is 2. The molecule has 1 aliphatic carbocycles. The van der Waals surface area contributed by atoms with Gasteiger partial charge in [-0.05, 0) is 37.8 Å². The lowest BCUT2D eigenvalue weighted by atomic mass is 10.1. The maximum atomic E-state index is 6.07. The van der Waals surface area contributed by atoms with E-state index in [1.807, 2.05) is 12.1 Å². The van der Waals surface area contributed by atoms with Crippen molar-refractivity contribution in [2.24, 2.45) is 5.92 Å². The molecule has 3 rings (SSSR count). The monoisotopic (exact) mass is 229 g/mol. The van der Waals surface area contributed by atoms with E-state index in [4.69, 9.17) is 5.73 Å². The average Bonchev–Trinajstić information content (AvgIpc) is 3.00. The highest BCUT2D eigenvalue weighted by molar-refractivity contribution is 5.81. The molecule has 3 nitrogen and oxygen atoms in total. The van der Waals surface area contributed by atoms with Crippen LogP contribution >= 0.6 is 0 Å². The van der Waals surface area contributed by atoms with Gasteiger partial charge in [0.25, 0.3) is 0 Å². The molecular formula is C14H19N3. The zero-order chi connectivity index (χ0) is 12.0. The number of imidazole rings is 1. The van der Waals surface area contributed by atoms with Gasteiger partial charge in [0.05, 0.1) is 11.0 Å². The molecule has 0 aliphatic heterocycles. The van der Waals surface area contributed by atoms with Crippen LogP contribution in [0.5, 0.6) is 0 Å². The first kappa shape index (κ1) is 10.6. The number of nitrogens with two attached hydrogens (primary N) is 1. The molecule has 0 saturated heterocycles. The van der Waals surface area contributed by atoms with Gasteiger partial charge >= 0.3 is 0 Å². The van der Waals surface area contributed by atoms with Crippen molar-refractivity contribution in [3.05, 3.63) is 23.8 Å². The molecular weight excluding hydrogens is 210 g/mol. The smallest absolute Gasteiger partial charge is 0.201 e. The summed E-state index contributed by atoms with van der Waals surface area (Å²) in [5, 5.41) is 0. The minimum atomic E-state index is 0.452. The lowest BCUT2D eigenvalue weighted by Gasteiger charge is -2.16. The van der Waals surface area contributed by atoms with E-state index in [0.29, 0.717) is 12.0 Å². The van der Waals surface area contributed by atoms with Crippen LogP contribution in [0.3, 0.4) is 0 Å². The number of nitrogen functional groups attached to an aromatic ring is 1. The van der Waals surface area contributed by atoms with Crippen LogP contribution in [0.4, 0.5) is 5.95 Å². The molecule has 1 saturated carbocycles. The molecule has 17 heavy (non-hydrogen) atoms. The normalized spacial score (nSPS) is 17.5. The number of nitrogens with zero attached hydrogens (tertiary/aromatic N) is 2. The van der Waals surface area contributed by atoms with Crippen molar-refractivity contribution in [1.82, 2.24) is 9.55 Å². The van der Waals surface area contributed by atoms with E-state index < -0.39 is 0 Å². The molecule has 1 aromatic heterocycles. The molecule has 0 spiro atoms. The predicted octanol–water partition coefficient (Wildman–Crippen LogP) is 3.29. The van der Waals surface area contributed by atoms with Crippen molar-refractivity contribution < 1.29 is 0 Å². The van der Waals surface area contributed by atoms with Crippen LogP contribution in [0, 0.1) is 12.8 Å². The van der Waals surface area contributed by atoms with Gasteiger partial charge in [0.1, 0.15) is 0 Å². The number of rotatable bonds is 3. The summed E-state index contributed by atoms with van der Waals surface area (Å²) in [6.07, 6.45) is 4.00. The van der Waals surface area contributed by atoms with Crippen molar-refractivity contribution in [2.45, 2.75) is 39.2 Å². The fraction of sp³-hybridized carbons (Fsp3) is 0.500. The highest BCUT2D eigenvalue weighted by Crippen LogP contribution is 2.38. The number of fused-ring (bicyclic) bond motifs is 1. The minimum Gasteiger partial charge on any atom is -0.369 e. The van der Waals surface area contributed by atoms with Crippen molar-refractivity contribution in [2.75, 3.05) is 5.73 Å². The fourth-order valence-electron chi connectivity index (χ4n) is 2.73. The topological polar surface area (TPSA) is 43.8 Å². The Morgan fingerprint density at radius 1 is 1.47 bits per heavy atom. The molecule has 1 fully saturated rings. The summed E-state index contributed by atoms with van der Waals surface area (Å²) >= 11 is 0. The van der Waals surface area contributed by atoms with Crippen molar-refractivity contribution in [1.29, 1.82) is 0 Å². The van der Waals surface area contributed by atoms with Crippen LogP contribution in [-0.2, 0) is 0 Å². The summed E-state index contributed by atoms with van der Waals surface area (Å²) in [5.74, 6) is 1.56. The molecule has 1 aromatic carbocycles. The molecule has 2 aromatic rings. The Morgan fingerprint density at radius 2 is 2.24 bits per heavy atom. The number of para-hydroxylation sites is 1. The molecule has 0 radical (unpaired) electrons. The molecule has 1 unspecified atom stereocenters. The second-order valence-corrected chi connectivity index (χ2v) is 5.31. The Balaban J connectivity index is 2.09. The fourth-order valence-corrected chi connectivity index (χ4v) is 2.73. The molecule has 3 heteroatoms. The third-order valence-electron chi connectivity index (χ3n) is 3.75. The van der Waals surface area contributed by atoms with Gasteiger partial charge < -0.3 is 10.3 Å². The maximum absolute atomic E-state index is 6.07. The molecule has 0 amide bonds. The summed E-state index contributed by atoms with van der Waals surface area (Å²) in [4.78, 5) is 4.46. The summed E-state index contributed by atoms with van der Waals surface area (Å²) in [6.45, 7) is 4.38. The zero-order valence-corrected chi connectivity index (χ0v) is 10.5. The number of benzene rings is 1. The van der Waals surface area contributed by atoms with E-state index in [1.54, 1.807) is 0 Å². The largest absolute Gasteiger partial charge is 0.369 e. The maximum Gasteiger partial charge on any atom is 0.201 e. The Hall–Kier alpha value is -1.51. The van der Waals surface area contributed by atoms with E-state index in [-0.39, 0.29) is 0 Å². The van der Waals surface area contributed by atoms with Gasteiger partial charge in [0, 0.05) is 6.04 Å². The van der Waals surface area contributed by atoms with Gasteiger partial charge in [-0.15, -0.1) is 0 Å². The van der Waals surface area contributed by atoms with Gasteiger partial charge in [-0.2, -0.15) is 0 Å². The van der Waals surface area contributed by atoms with Crippen molar-refractivity contribution in [3.8, 4) is 0 Å². The molecule has 0 bridgehead atoms. The SMILES string of the molecule is Cc1cccc2nc(N)n(C(C)CC3CC3)c12. The third-order valence-corrected chi connectivity index (χ3v) is 3.75. The standard InChI is InChI=1S/C14H19N3/c1-9-4-3-5-12-13(9)17(14(15)16-12)10(2)8-11-6-7-11/h3-5,10-11H,6-8H2,1-2H3,(H2,15,16). The lowest BCUT2D eigenvalue weighted by Crippen LogP contribution is -2.10.